The zero-order chi connectivity index (χ0) is 39.6. The highest BCUT2D eigenvalue weighted by Gasteiger charge is 2.40. The molecule has 0 spiro atoms. The molecule has 0 saturated heterocycles. The fourth-order valence-electron chi connectivity index (χ4n) is 9.59. The maximum absolute atomic E-state index is 11.6. The second-order valence-corrected chi connectivity index (χ2v) is 19.2. The molecule has 278 valence electrons. The highest BCUT2D eigenvalue weighted by Crippen LogP contribution is 2.58. The summed E-state index contributed by atoms with van der Waals surface area (Å²) in [5, 5.41) is 18.8. The van der Waals surface area contributed by atoms with Crippen LogP contribution < -0.4 is 4.90 Å². The van der Waals surface area contributed by atoms with Gasteiger partial charge in [0.2, 0.25) is 0 Å². The molecular formula is C51H40N2O2S2. The fourth-order valence-corrected chi connectivity index (χ4v) is 12.3. The summed E-state index contributed by atoms with van der Waals surface area (Å²) in [6.45, 7) is 13.8. The van der Waals surface area contributed by atoms with Crippen molar-refractivity contribution in [3.63, 3.8) is 0 Å². The lowest BCUT2D eigenvalue weighted by Crippen LogP contribution is -2.18. The number of aliphatic carboxylic acids is 1. The number of nitrogens with zero attached hydrogens (tertiary/aromatic N) is 2. The molecule has 0 amide bonds. The molecule has 5 aromatic carbocycles. The van der Waals surface area contributed by atoms with Gasteiger partial charge in [-0.3, -0.25) is 0 Å². The van der Waals surface area contributed by atoms with Crippen LogP contribution in [0.3, 0.4) is 0 Å². The maximum atomic E-state index is 11.6. The van der Waals surface area contributed by atoms with Gasteiger partial charge in [0.05, 0.1) is 0 Å². The van der Waals surface area contributed by atoms with E-state index in [-0.39, 0.29) is 21.8 Å². The minimum atomic E-state index is -1.21. The van der Waals surface area contributed by atoms with Crippen LogP contribution in [0.1, 0.15) is 79.8 Å². The minimum Gasteiger partial charge on any atom is -0.477 e. The molecule has 0 atom stereocenters. The first-order valence-electron chi connectivity index (χ1n) is 19.3. The van der Waals surface area contributed by atoms with E-state index >= 15 is 0 Å². The van der Waals surface area contributed by atoms with E-state index in [1.807, 2.05) is 12.1 Å². The molecule has 7 aromatic rings. The van der Waals surface area contributed by atoms with Gasteiger partial charge >= 0.3 is 5.97 Å². The number of nitriles is 1. The molecule has 10 rings (SSSR count). The van der Waals surface area contributed by atoms with Gasteiger partial charge in [0, 0.05) is 52.8 Å². The second-order valence-electron chi connectivity index (χ2n) is 17.0. The van der Waals surface area contributed by atoms with Crippen molar-refractivity contribution in [1.82, 2.24) is 0 Å². The molecule has 3 aliphatic carbocycles. The quantitative estimate of drug-likeness (QED) is 0.135. The Labute approximate surface area is 341 Å². The SMILES string of the molecule is CC1(C)c2ccccc2-c2ccc(N(c3ccc(-c4cc5c(s4)-c4sc(/C=C(/C#N)C(=O)O)cc4C5(C)C)cc3)c3ccc4c(c3)C(C)(C)c3ccccc3-4)cc21. The van der Waals surface area contributed by atoms with E-state index < -0.39 is 5.97 Å². The number of carboxylic acids is 1. The number of benzene rings is 5. The maximum Gasteiger partial charge on any atom is 0.346 e. The van der Waals surface area contributed by atoms with E-state index in [9.17, 15) is 15.2 Å². The number of thiophene rings is 2. The Balaban J connectivity index is 1.07. The Bertz CT molecular complexity index is 2820. The number of carboxylic acid groups (broad SMARTS) is 1. The highest BCUT2D eigenvalue weighted by molar-refractivity contribution is 7.24. The molecule has 0 fully saturated rings. The molecule has 6 heteroatoms. The smallest absolute Gasteiger partial charge is 0.346 e. The van der Waals surface area contributed by atoms with Gasteiger partial charge in [-0.15, -0.1) is 22.7 Å². The Morgan fingerprint density at radius 2 is 1.05 bits per heavy atom. The molecule has 2 heterocycles. The van der Waals surface area contributed by atoms with Crippen LogP contribution in [0.5, 0.6) is 0 Å². The topological polar surface area (TPSA) is 64.3 Å². The molecule has 3 aliphatic rings. The van der Waals surface area contributed by atoms with Crippen molar-refractivity contribution in [3.05, 3.63) is 165 Å². The fraction of sp³-hybridized carbons (Fsp3) is 0.176. The summed E-state index contributed by atoms with van der Waals surface area (Å²) in [5.74, 6) is -1.21. The summed E-state index contributed by atoms with van der Waals surface area (Å²) in [6.07, 6.45) is 1.49. The predicted molar refractivity (Wildman–Crippen MR) is 236 cm³/mol. The average molecular weight is 777 g/mol. The summed E-state index contributed by atoms with van der Waals surface area (Å²) in [7, 11) is 0. The van der Waals surface area contributed by atoms with Gasteiger partial charge in [-0.1, -0.05) is 114 Å². The third-order valence-electron chi connectivity index (χ3n) is 12.7. The molecule has 2 aromatic heterocycles. The van der Waals surface area contributed by atoms with Crippen molar-refractivity contribution < 1.29 is 9.90 Å². The van der Waals surface area contributed by atoms with E-state index in [4.69, 9.17) is 0 Å². The summed E-state index contributed by atoms with van der Waals surface area (Å²) in [6, 6.07) is 46.8. The zero-order valence-electron chi connectivity index (χ0n) is 32.7. The van der Waals surface area contributed by atoms with Crippen LogP contribution in [0.25, 0.3) is 48.5 Å². The van der Waals surface area contributed by atoms with Crippen LogP contribution in [0.4, 0.5) is 17.1 Å². The Hall–Kier alpha value is -6.00. The molecule has 0 aliphatic heterocycles. The van der Waals surface area contributed by atoms with E-state index in [0.29, 0.717) is 0 Å². The lowest BCUT2D eigenvalue weighted by molar-refractivity contribution is -0.132. The van der Waals surface area contributed by atoms with Crippen molar-refractivity contribution in [2.24, 2.45) is 0 Å². The Kier molecular flexibility index (Phi) is 7.61. The van der Waals surface area contributed by atoms with E-state index in [0.717, 1.165) is 32.4 Å². The summed E-state index contributed by atoms with van der Waals surface area (Å²) in [4.78, 5) is 18.3. The van der Waals surface area contributed by atoms with Crippen molar-refractivity contribution in [2.45, 2.75) is 57.8 Å². The molecule has 1 N–H and O–H groups in total. The third kappa shape index (κ3) is 5.12. The van der Waals surface area contributed by atoms with E-state index in [2.05, 4.69) is 162 Å². The predicted octanol–water partition coefficient (Wildman–Crippen LogP) is 13.9. The number of anilines is 3. The first-order valence-corrected chi connectivity index (χ1v) is 21.0. The molecule has 0 unspecified atom stereocenters. The lowest BCUT2D eigenvalue weighted by atomic mass is 9.82. The van der Waals surface area contributed by atoms with Crippen molar-refractivity contribution >= 4 is 51.8 Å². The largest absolute Gasteiger partial charge is 0.477 e. The number of hydrogen-bond acceptors (Lipinski definition) is 5. The van der Waals surface area contributed by atoms with Crippen molar-refractivity contribution in [2.75, 3.05) is 4.90 Å². The zero-order valence-corrected chi connectivity index (χ0v) is 34.3. The first-order chi connectivity index (χ1) is 27.3. The highest BCUT2D eigenvalue weighted by atomic mass is 32.1. The van der Waals surface area contributed by atoms with Crippen molar-refractivity contribution in [3.8, 4) is 48.5 Å². The number of hydrogen-bond donors (Lipinski definition) is 1. The summed E-state index contributed by atoms with van der Waals surface area (Å²) in [5.41, 5.74) is 16.9. The first kappa shape index (κ1) is 35.4. The minimum absolute atomic E-state index is 0.125. The van der Waals surface area contributed by atoms with Crippen LogP contribution in [-0.4, -0.2) is 11.1 Å². The van der Waals surface area contributed by atoms with Gasteiger partial charge < -0.3 is 10.0 Å². The number of rotatable bonds is 6. The Morgan fingerprint density at radius 3 is 1.60 bits per heavy atom. The van der Waals surface area contributed by atoms with Gasteiger partial charge in [-0.25, -0.2) is 4.79 Å². The van der Waals surface area contributed by atoms with Crippen LogP contribution in [0, 0.1) is 11.3 Å². The van der Waals surface area contributed by atoms with Gasteiger partial charge in [-0.05, 0) is 116 Å². The normalized spacial score (nSPS) is 15.8. The molecule has 57 heavy (non-hydrogen) atoms. The van der Waals surface area contributed by atoms with Crippen LogP contribution in [0.2, 0.25) is 0 Å². The molecule has 0 saturated carbocycles. The van der Waals surface area contributed by atoms with Gasteiger partial charge in [0.1, 0.15) is 11.6 Å². The Morgan fingerprint density at radius 1 is 0.579 bits per heavy atom. The van der Waals surface area contributed by atoms with E-state index in [1.54, 1.807) is 22.7 Å². The number of fused-ring (bicyclic) bond motifs is 9. The van der Waals surface area contributed by atoms with Gasteiger partial charge in [-0.2, -0.15) is 5.26 Å². The van der Waals surface area contributed by atoms with Crippen LogP contribution in [-0.2, 0) is 21.0 Å². The molecule has 4 nitrogen and oxygen atoms in total. The second kappa shape index (κ2) is 12.2. The lowest BCUT2D eigenvalue weighted by Gasteiger charge is -2.30. The summed E-state index contributed by atoms with van der Waals surface area (Å²) < 4.78 is 0. The van der Waals surface area contributed by atoms with Crippen LogP contribution in [0.15, 0.2) is 127 Å². The number of carbonyl (C=O) groups is 1. The molecular weight excluding hydrogens is 737 g/mol. The molecule has 0 radical (unpaired) electrons. The monoisotopic (exact) mass is 776 g/mol. The van der Waals surface area contributed by atoms with E-state index in [1.165, 1.54) is 71.5 Å². The standard InChI is InChI=1S/C51H40N2O2S2/c1-49(2)39-13-9-7-11-35(39)37-21-19-32(24-41(37)49)53(33-20-22-38-36-12-8-10-14-40(36)50(3,4)42(38)25-33)31-17-15-29(16-18-31)45-27-44-47(57-45)46-43(51(44,5)6)26-34(56-46)23-30(28-52)48(54)55/h7-27H,1-6H3,(H,54,55)/b30-23-. The van der Waals surface area contributed by atoms with Gasteiger partial charge in [0.15, 0.2) is 0 Å². The van der Waals surface area contributed by atoms with Crippen LogP contribution >= 0.6 is 22.7 Å². The third-order valence-corrected chi connectivity index (χ3v) is 15.2. The average Bonchev–Trinajstić information content (AvgIpc) is 3.98. The van der Waals surface area contributed by atoms with Crippen molar-refractivity contribution in [1.29, 1.82) is 5.26 Å². The van der Waals surface area contributed by atoms with Gasteiger partial charge in [0.25, 0.3) is 0 Å². The molecule has 0 bridgehead atoms. The summed E-state index contributed by atoms with van der Waals surface area (Å²) >= 11 is 3.34.